The number of carbonyl (C=O) groups is 3. The smallest absolute Gasteiger partial charge is 0.345 e. The largest absolute Gasteiger partial charge is 0.497 e. The van der Waals surface area contributed by atoms with Crippen molar-refractivity contribution in [3.05, 3.63) is 34.9 Å². The van der Waals surface area contributed by atoms with Gasteiger partial charge in [0.2, 0.25) is 6.33 Å². The molecule has 2 rings (SSSR count). The summed E-state index contributed by atoms with van der Waals surface area (Å²) >= 11 is 0. The van der Waals surface area contributed by atoms with Crippen LogP contribution in [0.4, 0.5) is 4.39 Å². The van der Waals surface area contributed by atoms with Gasteiger partial charge in [-0.3, -0.25) is 14.4 Å². The maximum absolute atomic E-state index is 12.8. The SMILES string of the molecule is CC[C@@H](C(=O)NC(CC(=O)O)C(=O)CF)n1c[nH+]c2ccc(OC)cc2c1=O. The number of nitrogens with zero attached hydrogens (tertiary/aromatic N) is 1. The molecule has 0 radical (unpaired) electrons. The zero-order valence-electron chi connectivity index (χ0n) is 15.4. The van der Waals surface area contributed by atoms with Crippen LogP contribution in [-0.2, 0) is 14.4 Å². The highest BCUT2D eigenvalue weighted by Gasteiger charge is 2.31. The Hall–Kier alpha value is -3.30. The summed E-state index contributed by atoms with van der Waals surface area (Å²) in [6, 6.07) is 2.32. The van der Waals surface area contributed by atoms with E-state index in [0.717, 1.165) is 4.57 Å². The van der Waals surface area contributed by atoms with Crippen molar-refractivity contribution >= 4 is 28.6 Å². The number of carboxylic acids is 1. The molecule has 0 aliphatic rings. The summed E-state index contributed by atoms with van der Waals surface area (Å²) < 4.78 is 18.9. The lowest BCUT2D eigenvalue weighted by Gasteiger charge is -2.18. The molecule has 10 heteroatoms. The molecule has 0 saturated heterocycles. The molecule has 2 atom stereocenters. The van der Waals surface area contributed by atoms with Crippen molar-refractivity contribution in [1.82, 2.24) is 9.88 Å². The van der Waals surface area contributed by atoms with Crippen LogP contribution in [0.3, 0.4) is 0 Å². The molecule has 0 aliphatic carbocycles. The van der Waals surface area contributed by atoms with Gasteiger partial charge >= 0.3 is 11.5 Å². The van der Waals surface area contributed by atoms with Gasteiger partial charge in [0.15, 0.2) is 11.8 Å². The number of H-pyrrole nitrogens is 1. The first-order valence-electron chi connectivity index (χ1n) is 8.53. The number of aromatic nitrogens is 2. The van der Waals surface area contributed by atoms with Gasteiger partial charge in [-0.25, -0.2) is 14.2 Å². The molecule has 0 aliphatic heterocycles. The van der Waals surface area contributed by atoms with Crippen LogP contribution in [0.1, 0.15) is 25.8 Å². The van der Waals surface area contributed by atoms with Gasteiger partial charge in [-0.2, -0.15) is 4.57 Å². The summed E-state index contributed by atoms with van der Waals surface area (Å²) in [6.45, 7) is 0.244. The number of ether oxygens (including phenoxy) is 1. The fourth-order valence-corrected chi connectivity index (χ4v) is 2.81. The summed E-state index contributed by atoms with van der Waals surface area (Å²) in [5.41, 5.74) is 0.0647. The molecule has 1 unspecified atom stereocenters. The predicted molar refractivity (Wildman–Crippen MR) is 95.8 cm³/mol. The number of nitrogens with one attached hydrogen (secondary N) is 2. The Morgan fingerprint density at radius 3 is 2.64 bits per heavy atom. The van der Waals surface area contributed by atoms with Crippen molar-refractivity contribution in [2.75, 3.05) is 13.8 Å². The van der Waals surface area contributed by atoms with Crippen LogP contribution in [-0.4, -0.2) is 47.2 Å². The topological polar surface area (TPSA) is 129 Å². The Labute approximate surface area is 159 Å². The Balaban J connectivity index is 2.39. The van der Waals surface area contributed by atoms with Crippen LogP contribution in [0.25, 0.3) is 10.9 Å². The van der Waals surface area contributed by atoms with E-state index in [9.17, 15) is 23.6 Å². The van der Waals surface area contributed by atoms with E-state index in [1.807, 2.05) is 0 Å². The van der Waals surface area contributed by atoms with Crippen LogP contribution in [0.5, 0.6) is 5.75 Å². The number of aliphatic carboxylic acids is 1. The number of Topliss-reactive ketones (excluding diaryl/α,β-unsaturated/α-hetero) is 1. The summed E-state index contributed by atoms with van der Waals surface area (Å²) in [7, 11) is 1.46. The first kappa shape index (κ1) is 21.0. The van der Waals surface area contributed by atoms with Gasteiger partial charge in [-0.05, 0) is 24.6 Å². The summed E-state index contributed by atoms with van der Waals surface area (Å²) in [5, 5.41) is 11.4. The number of amides is 1. The minimum atomic E-state index is -1.51. The number of fused-ring (bicyclic) bond motifs is 1. The molecule has 0 spiro atoms. The number of benzene rings is 1. The second kappa shape index (κ2) is 9.07. The molecule has 1 amide bonds. The lowest BCUT2D eigenvalue weighted by Crippen LogP contribution is -2.47. The number of carbonyl (C=O) groups excluding carboxylic acids is 2. The second-order valence-corrected chi connectivity index (χ2v) is 6.08. The molecule has 0 bridgehead atoms. The fraction of sp³-hybridized carbons (Fsp3) is 0.389. The first-order valence-corrected chi connectivity index (χ1v) is 8.53. The van der Waals surface area contributed by atoms with Crippen LogP contribution < -0.4 is 20.6 Å². The number of hydrogen-bond donors (Lipinski definition) is 2. The van der Waals surface area contributed by atoms with Crippen LogP contribution in [0.15, 0.2) is 29.3 Å². The standard InChI is InChI=1S/C18H20FN3O6/c1-3-14(17(26)21-13(7-16(24)25)15(23)8-19)22-9-20-12-5-4-10(28-2)6-11(12)18(22)27/h4-6,9,13-14H,3,7-8H2,1-2H3,(H,21,26)(H,24,25)/p+1/t13?,14-/m0/s1. The van der Waals surface area contributed by atoms with E-state index in [2.05, 4.69) is 10.3 Å². The molecular formula is C18H21FN3O6+. The Bertz CT molecular complexity index is 958. The third-order valence-electron chi connectivity index (χ3n) is 4.29. The molecule has 1 aromatic carbocycles. The third kappa shape index (κ3) is 4.51. The maximum atomic E-state index is 12.8. The minimum Gasteiger partial charge on any atom is -0.497 e. The quantitative estimate of drug-likeness (QED) is 0.628. The number of rotatable bonds is 9. The highest BCUT2D eigenvalue weighted by Crippen LogP contribution is 2.16. The van der Waals surface area contributed by atoms with E-state index >= 15 is 0 Å². The van der Waals surface area contributed by atoms with Crippen molar-refractivity contribution in [1.29, 1.82) is 0 Å². The molecule has 2 aromatic rings. The number of halogens is 1. The van der Waals surface area contributed by atoms with Crippen molar-refractivity contribution in [2.24, 2.45) is 0 Å². The van der Waals surface area contributed by atoms with E-state index in [-0.39, 0.29) is 11.8 Å². The average Bonchev–Trinajstić information content (AvgIpc) is 2.68. The van der Waals surface area contributed by atoms with Gasteiger partial charge in [0, 0.05) is 0 Å². The number of ketones is 1. The maximum Gasteiger partial charge on any atom is 0.345 e. The third-order valence-corrected chi connectivity index (χ3v) is 4.29. The van der Waals surface area contributed by atoms with Gasteiger partial charge < -0.3 is 15.2 Å². The Morgan fingerprint density at radius 1 is 1.36 bits per heavy atom. The monoisotopic (exact) mass is 394 g/mol. The second-order valence-electron chi connectivity index (χ2n) is 6.08. The lowest BCUT2D eigenvalue weighted by atomic mass is 10.1. The number of carboxylic acid groups (broad SMARTS) is 1. The molecule has 3 N–H and O–H groups in total. The van der Waals surface area contributed by atoms with Gasteiger partial charge in [0.1, 0.15) is 29.4 Å². The molecular weight excluding hydrogens is 373 g/mol. The number of hydrogen-bond acceptors (Lipinski definition) is 5. The zero-order chi connectivity index (χ0) is 20.8. The predicted octanol–water partition coefficient (Wildman–Crippen LogP) is 0.273. The van der Waals surface area contributed by atoms with Gasteiger partial charge in [0.05, 0.1) is 13.5 Å². The molecule has 1 heterocycles. The van der Waals surface area contributed by atoms with Gasteiger partial charge in [0.25, 0.3) is 5.91 Å². The van der Waals surface area contributed by atoms with Crippen molar-refractivity contribution in [3.8, 4) is 5.75 Å². The molecule has 0 saturated carbocycles. The molecule has 28 heavy (non-hydrogen) atoms. The minimum absolute atomic E-state index is 0.179. The van der Waals surface area contributed by atoms with E-state index in [1.54, 1.807) is 19.1 Å². The first-order chi connectivity index (χ1) is 13.3. The van der Waals surface area contributed by atoms with Gasteiger partial charge in [-0.1, -0.05) is 6.92 Å². The molecule has 1 aromatic heterocycles. The van der Waals surface area contributed by atoms with E-state index in [1.165, 1.54) is 19.5 Å². The molecule has 150 valence electrons. The van der Waals surface area contributed by atoms with Crippen molar-refractivity contribution in [2.45, 2.75) is 31.8 Å². The average molecular weight is 394 g/mol. The number of aromatic amines is 1. The zero-order valence-corrected chi connectivity index (χ0v) is 15.4. The lowest BCUT2D eigenvalue weighted by molar-refractivity contribution is -0.353. The highest BCUT2D eigenvalue weighted by atomic mass is 19.1. The van der Waals surface area contributed by atoms with E-state index in [0.29, 0.717) is 11.3 Å². The van der Waals surface area contributed by atoms with Crippen molar-refractivity contribution < 1.29 is 33.6 Å². The van der Waals surface area contributed by atoms with Crippen LogP contribution in [0, 0.1) is 0 Å². The van der Waals surface area contributed by atoms with Crippen LogP contribution in [0.2, 0.25) is 0 Å². The van der Waals surface area contributed by atoms with E-state index < -0.39 is 48.4 Å². The Kier molecular flexibility index (Phi) is 6.80. The van der Waals surface area contributed by atoms with Gasteiger partial charge in [-0.15, -0.1) is 0 Å². The van der Waals surface area contributed by atoms with Crippen LogP contribution >= 0.6 is 0 Å². The highest BCUT2D eigenvalue weighted by molar-refractivity contribution is 5.93. The fourth-order valence-electron chi connectivity index (χ4n) is 2.81. The van der Waals surface area contributed by atoms with E-state index in [4.69, 9.17) is 9.84 Å². The number of methoxy groups -OCH3 is 1. The summed E-state index contributed by atoms with van der Waals surface area (Å²) in [5.74, 6) is -2.70. The summed E-state index contributed by atoms with van der Waals surface area (Å²) in [4.78, 5) is 50.9. The normalized spacial score (nSPS) is 13.0. The van der Waals surface area contributed by atoms with Crippen molar-refractivity contribution in [3.63, 3.8) is 0 Å². The number of alkyl halides is 1. The summed E-state index contributed by atoms with van der Waals surface area (Å²) in [6.07, 6.45) is 0.758. The molecule has 9 nitrogen and oxygen atoms in total. The molecule has 0 fully saturated rings. The Morgan fingerprint density at radius 2 is 2.07 bits per heavy atom.